The second-order valence-corrected chi connectivity index (χ2v) is 1.52. The molecule has 0 fully saturated rings. The fraction of sp³-hybridized carbons (Fsp3) is 0.800. The SMILES string of the molecule is CCC(=O)O.OCC(F)(F)F. The molecule has 0 aliphatic heterocycles. The summed E-state index contributed by atoms with van der Waals surface area (Å²) in [4.78, 5) is 9.37. The number of hydrogen-bond acceptors (Lipinski definition) is 2. The maximum absolute atomic E-state index is 10.5. The summed E-state index contributed by atoms with van der Waals surface area (Å²) in [5, 5.41) is 15.0. The minimum Gasteiger partial charge on any atom is -0.481 e. The zero-order valence-corrected chi connectivity index (χ0v) is 5.85. The number of hydrogen-bond donors (Lipinski definition) is 2. The molecular formula is C5H9F3O3. The summed E-state index contributed by atoms with van der Waals surface area (Å²) >= 11 is 0. The Morgan fingerprint density at radius 2 is 1.64 bits per heavy atom. The van der Waals surface area contributed by atoms with E-state index in [2.05, 4.69) is 0 Å². The summed E-state index contributed by atoms with van der Waals surface area (Å²) in [5.74, 6) is -0.745. The Morgan fingerprint density at radius 1 is 1.45 bits per heavy atom. The molecule has 0 bridgehead atoms. The Labute approximate surface area is 61.5 Å². The molecule has 0 aliphatic rings. The summed E-state index contributed by atoms with van der Waals surface area (Å²) in [6, 6.07) is 0. The average molecular weight is 174 g/mol. The van der Waals surface area contributed by atoms with Gasteiger partial charge in [-0.15, -0.1) is 0 Å². The van der Waals surface area contributed by atoms with E-state index in [1.165, 1.54) is 0 Å². The summed E-state index contributed by atoms with van der Waals surface area (Å²) in [5.41, 5.74) is 0. The van der Waals surface area contributed by atoms with Crippen LogP contribution in [-0.2, 0) is 4.79 Å². The van der Waals surface area contributed by atoms with Crippen LogP contribution in [0.3, 0.4) is 0 Å². The maximum Gasteiger partial charge on any atom is 0.411 e. The van der Waals surface area contributed by atoms with Crippen LogP contribution in [0.15, 0.2) is 0 Å². The molecule has 2 N–H and O–H groups in total. The molecule has 68 valence electrons. The molecular weight excluding hydrogens is 165 g/mol. The van der Waals surface area contributed by atoms with E-state index >= 15 is 0 Å². The highest BCUT2D eigenvalue weighted by molar-refractivity contribution is 5.66. The normalized spacial score (nSPS) is 9.91. The van der Waals surface area contributed by atoms with Crippen LogP contribution < -0.4 is 0 Å². The first-order valence-corrected chi connectivity index (χ1v) is 2.73. The van der Waals surface area contributed by atoms with Gasteiger partial charge in [0.25, 0.3) is 0 Å². The lowest BCUT2D eigenvalue weighted by atomic mass is 10.5. The highest BCUT2D eigenvalue weighted by Crippen LogP contribution is 2.11. The van der Waals surface area contributed by atoms with Crippen molar-refractivity contribution in [3.63, 3.8) is 0 Å². The summed E-state index contributed by atoms with van der Waals surface area (Å²) < 4.78 is 31.6. The topological polar surface area (TPSA) is 57.5 Å². The zero-order chi connectivity index (χ0) is 9.49. The zero-order valence-electron chi connectivity index (χ0n) is 5.85. The van der Waals surface area contributed by atoms with Crippen LogP contribution in [0.2, 0.25) is 0 Å². The van der Waals surface area contributed by atoms with Crippen molar-refractivity contribution in [1.82, 2.24) is 0 Å². The van der Waals surface area contributed by atoms with Gasteiger partial charge in [-0.25, -0.2) is 0 Å². The molecule has 0 atom stereocenters. The predicted molar refractivity (Wildman–Crippen MR) is 31.1 cm³/mol. The molecule has 0 aromatic heterocycles. The van der Waals surface area contributed by atoms with E-state index in [0.29, 0.717) is 0 Å². The number of aliphatic hydroxyl groups excluding tert-OH is 1. The lowest BCUT2D eigenvalue weighted by Gasteiger charge is -1.95. The third-order valence-corrected chi connectivity index (χ3v) is 0.482. The Balaban J connectivity index is 0. The summed E-state index contributed by atoms with van der Waals surface area (Å²) in [7, 11) is 0. The molecule has 0 aliphatic carbocycles. The van der Waals surface area contributed by atoms with Gasteiger partial charge in [0.15, 0.2) is 0 Å². The third-order valence-electron chi connectivity index (χ3n) is 0.482. The molecule has 0 amide bonds. The highest BCUT2D eigenvalue weighted by atomic mass is 19.4. The van der Waals surface area contributed by atoms with E-state index in [0.717, 1.165) is 0 Å². The predicted octanol–water partition coefficient (Wildman–Crippen LogP) is 1.02. The standard InChI is InChI=1S/C3H6O2.C2H3F3O/c1-2-3(4)5;3-2(4,5)1-6/h2H2,1H3,(H,4,5);6H,1H2. The Morgan fingerprint density at radius 3 is 1.64 bits per heavy atom. The minimum atomic E-state index is -4.40. The third kappa shape index (κ3) is 27.0. The van der Waals surface area contributed by atoms with Crippen molar-refractivity contribution in [2.75, 3.05) is 6.61 Å². The maximum atomic E-state index is 10.5. The molecule has 0 heterocycles. The van der Waals surface area contributed by atoms with Gasteiger partial charge in [-0.05, 0) is 0 Å². The van der Waals surface area contributed by atoms with Crippen molar-refractivity contribution in [3.05, 3.63) is 0 Å². The first-order valence-electron chi connectivity index (χ1n) is 2.73. The van der Waals surface area contributed by atoms with Crippen molar-refractivity contribution in [1.29, 1.82) is 0 Å². The molecule has 6 heteroatoms. The Bertz CT molecular complexity index is 110. The first kappa shape index (κ1) is 12.9. The lowest BCUT2D eigenvalue weighted by Crippen LogP contribution is -2.12. The van der Waals surface area contributed by atoms with Gasteiger partial charge in [0, 0.05) is 6.42 Å². The van der Waals surface area contributed by atoms with E-state index in [4.69, 9.17) is 10.2 Å². The van der Waals surface area contributed by atoms with Crippen molar-refractivity contribution in [2.45, 2.75) is 19.5 Å². The number of rotatable bonds is 1. The van der Waals surface area contributed by atoms with Gasteiger partial charge in [0.2, 0.25) is 0 Å². The van der Waals surface area contributed by atoms with Crippen LogP contribution in [0.1, 0.15) is 13.3 Å². The molecule has 0 radical (unpaired) electrons. The van der Waals surface area contributed by atoms with Gasteiger partial charge in [-0.2, -0.15) is 13.2 Å². The Kier molecular flexibility index (Phi) is 6.97. The molecule has 11 heavy (non-hydrogen) atoms. The van der Waals surface area contributed by atoms with Crippen LogP contribution in [0.5, 0.6) is 0 Å². The van der Waals surface area contributed by atoms with Gasteiger partial charge >= 0.3 is 12.1 Å². The van der Waals surface area contributed by atoms with E-state index in [1.807, 2.05) is 0 Å². The summed E-state index contributed by atoms with van der Waals surface area (Å²) in [6.45, 7) is -0.130. The fourth-order valence-corrected chi connectivity index (χ4v) is 0. The van der Waals surface area contributed by atoms with E-state index < -0.39 is 18.8 Å². The van der Waals surface area contributed by atoms with Crippen LogP contribution in [-0.4, -0.2) is 29.0 Å². The van der Waals surface area contributed by atoms with Crippen LogP contribution in [0, 0.1) is 0 Å². The second kappa shape index (κ2) is 5.96. The number of aliphatic carboxylic acids is 1. The molecule has 3 nitrogen and oxygen atoms in total. The molecule has 0 aromatic rings. The second-order valence-electron chi connectivity index (χ2n) is 1.52. The monoisotopic (exact) mass is 174 g/mol. The number of carboxylic acid groups (broad SMARTS) is 1. The highest BCUT2D eigenvalue weighted by Gasteiger charge is 2.24. The fourth-order valence-electron chi connectivity index (χ4n) is 0. The Hall–Kier alpha value is -0.780. The van der Waals surface area contributed by atoms with Crippen molar-refractivity contribution < 1.29 is 28.2 Å². The molecule has 0 spiro atoms. The molecule has 0 aromatic carbocycles. The number of carboxylic acids is 1. The van der Waals surface area contributed by atoms with Gasteiger partial charge < -0.3 is 10.2 Å². The lowest BCUT2D eigenvalue weighted by molar-refractivity contribution is -0.159. The van der Waals surface area contributed by atoms with E-state index in [9.17, 15) is 18.0 Å². The van der Waals surface area contributed by atoms with Crippen molar-refractivity contribution in [2.24, 2.45) is 0 Å². The number of aliphatic hydroxyl groups is 1. The van der Waals surface area contributed by atoms with Crippen LogP contribution >= 0.6 is 0 Å². The number of alkyl halides is 3. The molecule has 0 rings (SSSR count). The number of halogens is 3. The molecule has 0 saturated heterocycles. The van der Waals surface area contributed by atoms with E-state index in [1.54, 1.807) is 6.92 Å². The van der Waals surface area contributed by atoms with Gasteiger partial charge in [0.1, 0.15) is 6.61 Å². The van der Waals surface area contributed by atoms with E-state index in [-0.39, 0.29) is 6.42 Å². The largest absolute Gasteiger partial charge is 0.481 e. The summed E-state index contributed by atoms with van der Waals surface area (Å²) in [6.07, 6.45) is -4.18. The molecule has 0 unspecified atom stereocenters. The van der Waals surface area contributed by atoms with Crippen molar-refractivity contribution >= 4 is 5.97 Å². The first-order chi connectivity index (χ1) is 4.83. The van der Waals surface area contributed by atoms with Gasteiger partial charge in [-0.3, -0.25) is 4.79 Å². The van der Waals surface area contributed by atoms with Crippen LogP contribution in [0.25, 0.3) is 0 Å². The quantitative estimate of drug-likeness (QED) is 0.624. The van der Waals surface area contributed by atoms with Gasteiger partial charge in [-0.1, -0.05) is 6.92 Å². The smallest absolute Gasteiger partial charge is 0.411 e. The number of carbonyl (C=O) groups is 1. The minimum absolute atomic E-state index is 0.222. The van der Waals surface area contributed by atoms with Crippen LogP contribution in [0.4, 0.5) is 13.2 Å². The van der Waals surface area contributed by atoms with Crippen molar-refractivity contribution in [3.8, 4) is 0 Å². The van der Waals surface area contributed by atoms with Gasteiger partial charge in [0.05, 0.1) is 0 Å². The average Bonchev–Trinajstić information content (AvgIpc) is 1.88. The molecule has 0 saturated carbocycles.